The number of rotatable bonds is 2. The van der Waals surface area contributed by atoms with Crippen LogP contribution in [0.2, 0.25) is 0 Å². The van der Waals surface area contributed by atoms with Crippen molar-refractivity contribution in [2.24, 2.45) is 7.05 Å². The molecule has 10 heavy (non-hydrogen) atoms. The van der Waals surface area contributed by atoms with Gasteiger partial charge in [-0.25, -0.2) is 4.57 Å². The van der Waals surface area contributed by atoms with E-state index in [9.17, 15) is 0 Å². The molecular formula is C6H12BN3+. The summed E-state index contributed by atoms with van der Waals surface area (Å²) in [4.78, 5) is 2.00. The fraction of sp³-hybridized carbons (Fsp3) is 0.500. The fourth-order valence-corrected chi connectivity index (χ4v) is 0.804. The Hall–Kier alpha value is -0.765. The van der Waals surface area contributed by atoms with E-state index in [0.717, 1.165) is 0 Å². The van der Waals surface area contributed by atoms with Crippen LogP contribution in [0.25, 0.3) is 0 Å². The van der Waals surface area contributed by atoms with Gasteiger partial charge in [-0.15, -0.1) is 0 Å². The number of aryl methyl sites for hydroxylation is 1. The zero-order valence-corrected chi connectivity index (χ0v) is 6.65. The van der Waals surface area contributed by atoms with Crippen molar-refractivity contribution in [1.82, 2.24) is 9.38 Å². The first-order valence-electron chi connectivity index (χ1n) is 3.22. The van der Waals surface area contributed by atoms with Crippen molar-refractivity contribution >= 4 is 7.55 Å². The van der Waals surface area contributed by atoms with E-state index in [1.54, 1.807) is 0 Å². The second kappa shape index (κ2) is 2.88. The molecule has 0 amide bonds. The Labute approximate surface area is 62.2 Å². The standard InChI is InChI=1S/C6H12BN3/c1-8(2)7-10-5-4-9(3)6-10/h4-6H,1-3H3/q+1. The third kappa shape index (κ3) is 1.88. The summed E-state index contributed by atoms with van der Waals surface area (Å²) in [5, 5.41) is 0. The third-order valence-corrected chi connectivity index (χ3v) is 1.15. The van der Waals surface area contributed by atoms with Gasteiger partial charge in [0.1, 0.15) is 6.20 Å². The molecule has 0 bridgehead atoms. The average Bonchev–Trinajstić information content (AvgIpc) is 2.13. The van der Waals surface area contributed by atoms with E-state index in [-0.39, 0.29) is 0 Å². The SMILES string of the molecule is Cn1cc[n+]([B-][N+](C)C)c1. The van der Waals surface area contributed by atoms with E-state index in [4.69, 9.17) is 0 Å². The van der Waals surface area contributed by atoms with Crippen molar-refractivity contribution in [1.29, 1.82) is 0 Å². The lowest BCUT2D eigenvalue weighted by atomic mass is 10.1. The summed E-state index contributed by atoms with van der Waals surface area (Å²) >= 11 is 0. The summed E-state index contributed by atoms with van der Waals surface area (Å²) in [5.41, 5.74) is 0. The lowest BCUT2D eigenvalue weighted by Gasteiger charge is -2.07. The van der Waals surface area contributed by atoms with Crippen LogP contribution in [0.15, 0.2) is 18.7 Å². The summed E-state index contributed by atoms with van der Waals surface area (Å²) in [6.45, 7) is 0. The van der Waals surface area contributed by atoms with E-state index in [1.165, 1.54) is 0 Å². The number of imidazole rings is 1. The van der Waals surface area contributed by atoms with E-state index < -0.39 is 0 Å². The molecule has 0 saturated heterocycles. The highest BCUT2D eigenvalue weighted by molar-refractivity contribution is 6.22. The summed E-state index contributed by atoms with van der Waals surface area (Å²) in [6, 6.07) is 0. The van der Waals surface area contributed by atoms with Gasteiger partial charge in [-0.05, 0) is 0 Å². The Morgan fingerprint density at radius 2 is 2.20 bits per heavy atom. The van der Waals surface area contributed by atoms with E-state index >= 15 is 0 Å². The highest BCUT2D eigenvalue weighted by Crippen LogP contribution is 1.73. The maximum atomic E-state index is 2.00. The smallest absolute Gasteiger partial charge is 0.329 e. The first-order valence-corrected chi connectivity index (χ1v) is 3.22. The highest BCUT2D eigenvalue weighted by atomic mass is 15.1. The average molecular weight is 137 g/mol. The maximum absolute atomic E-state index is 2.00. The maximum Gasteiger partial charge on any atom is 0.329 e. The van der Waals surface area contributed by atoms with Crippen molar-refractivity contribution in [3.8, 4) is 0 Å². The minimum absolute atomic E-state index is 2.00. The summed E-state index contributed by atoms with van der Waals surface area (Å²) in [5.74, 6) is 0. The van der Waals surface area contributed by atoms with Gasteiger partial charge in [0.2, 0.25) is 0 Å². The molecule has 1 heterocycles. The van der Waals surface area contributed by atoms with Gasteiger partial charge in [0.05, 0.1) is 27.3 Å². The van der Waals surface area contributed by atoms with Crippen LogP contribution in [0.1, 0.15) is 0 Å². The molecule has 0 saturated carbocycles. The molecule has 1 rings (SSSR count). The largest absolute Gasteiger partial charge is 0.420 e. The van der Waals surface area contributed by atoms with Crippen molar-refractivity contribution in [3.63, 3.8) is 0 Å². The molecule has 0 aliphatic carbocycles. The van der Waals surface area contributed by atoms with Crippen LogP contribution < -0.4 is 9.29 Å². The minimum atomic E-state index is 2.00. The minimum Gasteiger partial charge on any atom is -0.420 e. The fourth-order valence-electron chi connectivity index (χ4n) is 0.804. The van der Waals surface area contributed by atoms with Gasteiger partial charge in [0, 0.05) is 0 Å². The summed E-state index contributed by atoms with van der Waals surface area (Å²) in [7, 11) is 8.00. The quantitative estimate of drug-likeness (QED) is 0.469. The molecule has 0 aromatic carbocycles. The molecule has 3 nitrogen and oxygen atoms in total. The Morgan fingerprint density at radius 3 is 2.60 bits per heavy atom. The first-order chi connectivity index (χ1) is 4.68. The van der Waals surface area contributed by atoms with Gasteiger partial charge in [-0.1, -0.05) is 0 Å². The van der Waals surface area contributed by atoms with Crippen molar-refractivity contribution in [2.45, 2.75) is 0 Å². The number of aromatic nitrogens is 2. The third-order valence-electron chi connectivity index (χ3n) is 1.15. The van der Waals surface area contributed by atoms with Crippen LogP contribution in [-0.4, -0.2) is 26.2 Å². The molecule has 0 aliphatic rings. The molecule has 0 aliphatic heterocycles. The predicted octanol–water partition coefficient (Wildman–Crippen LogP) is -0.905. The zero-order valence-electron chi connectivity index (χ0n) is 6.65. The molecule has 0 spiro atoms. The van der Waals surface area contributed by atoms with Gasteiger partial charge >= 0.3 is 7.55 Å². The van der Waals surface area contributed by atoms with E-state index in [1.807, 2.05) is 61.3 Å². The summed E-state index contributed by atoms with van der Waals surface area (Å²) in [6.07, 6.45) is 6.00. The molecule has 0 atom stereocenters. The molecule has 1 aromatic heterocycles. The van der Waals surface area contributed by atoms with Crippen LogP contribution >= 0.6 is 0 Å². The Bertz CT molecular complexity index is 207. The van der Waals surface area contributed by atoms with Crippen LogP contribution in [-0.2, 0) is 7.05 Å². The zero-order chi connectivity index (χ0) is 7.56. The molecule has 3 radical (unpaired) electrons. The van der Waals surface area contributed by atoms with Gasteiger partial charge in [0.15, 0.2) is 6.33 Å². The van der Waals surface area contributed by atoms with Crippen LogP contribution in [0.4, 0.5) is 0 Å². The topological polar surface area (TPSA) is 14.7 Å². The molecule has 0 unspecified atom stereocenters. The van der Waals surface area contributed by atoms with Crippen molar-refractivity contribution in [2.75, 3.05) is 14.1 Å². The van der Waals surface area contributed by atoms with Crippen molar-refractivity contribution in [3.05, 3.63) is 18.7 Å². The van der Waals surface area contributed by atoms with E-state index in [0.29, 0.717) is 0 Å². The number of nitrogens with zero attached hydrogens (tertiary/aromatic N) is 3. The van der Waals surface area contributed by atoms with Crippen LogP contribution in [0.5, 0.6) is 0 Å². The first kappa shape index (κ1) is 7.34. The highest BCUT2D eigenvalue weighted by Gasteiger charge is 1.96. The lowest BCUT2D eigenvalue weighted by Crippen LogP contribution is -2.49. The Morgan fingerprint density at radius 1 is 1.50 bits per heavy atom. The van der Waals surface area contributed by atoms with Crippen LogP contribution in [0.3, 0.4) is 0 Å². The molecule has 1 aromatic rings. The summed E-state index contributed by atoms with van der Waals surface area (Å²) < 4.78 is 4.00. The second-order valence-corrected chi connectivity index (χ2v) is 2.61. The van der Waals surface area contributed by atoms with Gasteiger partial charge in [0.25, 0.3) is 0 Å². The number of hydrogen-bond donors (Lipinski definition) is 0. The molecule has 0 fully saturated rings. The van der Waals surface area contributed by atoms with Gasteiger partial charge in [-0.2, -0.15) is 0 Å². The van der Waals surface area contributed by atoms with Gasteiger partial charge in [-0.3, -0.25) is 0 Å². The van der Waals surface area contributed by atoms with Crippen molar-refractivity contribution < 1.29 is 4.48 Å². The molecule has 53 valence electrons. The van der Waals surface area contributed by atoms with E-state index in [2.05, 4.69) is 0 Å². The molecular weight excluding hydrogens is 125 g/mol. The van der Waals surface area contributed by atoms with Gasteiger partial charge < -0.3 is 9.29 Å². The Kier molecular flexibility index (Phi) is 2.11. The monoisotopic (exact) mass is 137 g/mol. The number of hydrogen-bond acceptors (Lipinski definition) is 1. The predicted molar refractivity (Wildman–Crippen MR) is 40.7 cm³/mol. The molecule has 0 N–H and O–H groups in total. The normalized spacial score (nSPS) is 10.8. The van der Waals surface area contributed by atoms with Crippen LogP contribution in [0, 0.1) is 0 Å². The lowest BCUT2D eigenvalue weighted by molar-refractivity contribution is -0.532. The Balaban J connectivity index is 2.58. The molecule has 4 heteroatoms. The second-order valence-electron chi connectivity index (χ2n) is 2.61.